The molecule has 1 rings (SSSR count). The molecule has 0 fully saturated rings. The first kappa shape index (κ1) is 13.8. The minimum absolute atomic E-state index is 0.0619. The van der Waals surface area contributed by atoms with Gasteiger partial charge in [-0.3, -0.25) is 4.79 Å². The van der Waals surface area contributed by atoms with Crippen LogP contribution in [0, 0.1) is 27.7 Å². The summed E-state index contributed by atoms with van der Waals surface area (Å²) in [5, 5.41) is 8.70. The molecule has 0 bridgehead atoms. The molecule has 0 saturated heterocycles. The van der Waals surface area contributed by atoms with Crippen molar-refractivity contribution in [1.82, 2.24) is 4.57 Å². The normalized spacial score (nSPS) is 9.47. The Kier molecular flexibility index (Phi) is 5.12. The molecule has 1 aromatic rings. The summed E-state index contributed by atoms with van der Waals surface area (Å²) in [6.45, 7) is 12.0. The van der Waals surface area contributed by atoms with E-state index in [0.717, 1.165) is 11.4 Å². The lowest BCUT2D eigenvalue weighted by Crippen LogP contribution is -2.11. The third-order valence-electron chi connectivity index (χ3n) is 2.75. The molecule has 0 aliphatic rings. The number of carboxylic acids is 1. The van der Waals surface area contributed by atoms with Gasteiger partial charge in [0.05, 0.1) is 0 Å². The lowest BCUT2D eigenvalue weighted by molar-refractivity contribution is -0.137. The van der Waals surface area contributed by atoms with Gasteiger partial charge in [-0.15, -0.1) is 0 Å². The molecule has 0 saturated carbocycles. The Morgan fingerprint density at radius 3 is 1.67 bits per heavy atom. The van der Waals surface area contributed by atoms with Crippen molar-refractivity contribution in [2.45, 2.75) is 48.1 Å². The van der Waals surface area contributed by atoms with Crippen LogP contribution in [0.15, 0.2) is 0 Å². The van der Waals surface area contributed by atoms with Crippen molar-refractivity contribution < 1.29 is 9.90 Å². The summed E-state index contributed by atoms with van der Waals surface area (Å²) < 4.78 is 1.84. The van der Waals surface area contributed by atoms with Gasteiger partial charge in [-0.25, -0.2) is 0 Å². The zero-order chi connectivity index (χ0) is 12.2. The van der Waals surface area contributed by atoms with E-state index in [0.29, 0.717) is 0 Å². The number of aliphatic carboxylic acids is 1. The molecular formula is C12H21NO2. The number of carbonyl (C=O) groups is 1. The number of carboxylic acid groups (broad SMARTS) is 1. The van der Waals surface area contributed by atoms with Crippen molar-refractivity contribution >= 4 is 5.97 Å². The van der Waals surface area contributed by atoms with Crippen LogP contribution in [-0.2, 0) is 11.3 Å². The van der Waals surface area contributed by atoms with Gasteiger partial charge in [0.2, 0.25) is 0 Å². The second-order valence-electron chi connectivity index (χ2n) is 3.40. The Morgan fingerprint density at radius 1 is 1.07 bits per heavy atom. The standard InChI is InChI=1S/C10H15NO2.C2H6/c1-6-7(2)9(4)11(8(6)3)5-10(12)13;1-2/h5H2,1-4H3,(H,12,13);1-2H3. The van der Waals surface area contributed by atoms with Crippen LogP contribution in [0.5, 0.6) is 0 Å². The van der Waals surface area contributed by atoms with Gasteiger partial charge in [0.25, 0.3) is 0 Å². The van der Waals surface area contributed by atoms with Gasteiger partial charge in [0.1, 0.15) is 6.54 Å². The SMILES string of the molecule is CC.Cc1c(C)c(C)n(CC(=O)O)c1C. The molecule has 0 aromatic carbocycles. The molecular weight excluding hydrogens is 190 g/mol. The van der Waals surface area contributed by atoms with Crippen molar-refractivity contribution in [2.75, 3.05) is 0 Å². The number of rotatable bonds is 2. The summed E-state index contributed by atoms with van der Waals surface area (Å²) in [4.78, 5) is 10.6. The van der Waals surface area contributed by atoms with E-state index in [9.17, 15) is 4.79 Å². The molecule has 3 nitrogen and oxygen atoms in total. The molecule has 0 atom stereocenters. The molecule has 1 heterocycles. The fourth-order valence-electron chi connectivity index (χ4n) is 1.57. The predicted molar refractivity (Wildman–Crippen MR) is 62.4 cm³/mol. The van der Waals surface area contributed by atoms with Gasteiger partial charge >= 0.3 is 5.97 Å². The topological polar surface area (TPSA) is 42.2 Å². The smallest absolute Gasteiger partial charge is 0.323 e. The number of hydrogen-bond acceptors (Lipinski definition) is 1. The monoisotopic (exact) mass is 211 g/mol. The van der Waals surface area contributed by atoms with Gasteiger partial charge in [0, 0.05) is 11.4 Å². The van der Waals surface area contributed by atoms with E-state index in [1.807, 2.05) is 46.1 Å². The third kappa shape index (κ3) is 2.85. The van der Waals surface area contributed by atoms with E-state index in [1.165, 1.54) is 11.1 Å². The molecule has 1 N–H and O–H groups in total. The van der Waals surface area contributed by atoms with E-state index in [4.69, 9.17) is 5.11 Å². The molecule has 3 heteroatoms. The quantitative estimate of drug-likeness (QED) is 0.817. The maximum atomic E-state index is 10.6. The first-order valence-corrected chi connectivity index (χ1v) is 5.29. The van der Waals surface area contributed by atoms with Crippen molar-refractivity contribution in [3.63, 3.8) is 0 Å². The summed E-state index contributed by atoms with van der Waals surface area (Å²) in [6.07, 6.45) is 0. The van der Waals surface area contributed by atoms with Gasteiger partial charge in [0.15, 0.2) is 0 Å². The van der Waals surface area contributed by atoms with Crippen LogP contribution >= 0.6 is 0 Å². The van der Waals surface area contributed by atoms with Crippen LogP contribution in [0.4, 0.5) is 0 Å². The van der Waals surface area contributed by atoms with Crippen molar-refractivity contribution in [1.29, 1.82) is 0 Å². The Labute approximate surface area is 91.7 Å². The average molecular weight is 211 g/mol. The highest BCUT2D eigenvalue weighted by Gasteiger charge is 2.12. The maximum absolute atomic E-state index is 10.6. The maximum Gasteiger partial charge on any atom is 0.323 e. The van der Waals surface area contributed by atoms with Crippen LogP contribution in [0.1, 0.15) is 36.4 Å². The number of nitrogens with zero attached hydrogens (tertiary/aromatic N) is 1. The summed E-state index contributed by atoms with van der Waals surface area (Å²) >= 11 is 0. The lowest BCUT2D eigenvalue weighted by Gasteiger charge is -2.05. The number of aromatic nitrogens is 1. The van der Waals surface area contributed by atoms with Crippen molar-refractivity contribution in [2.24, 2.45) is 0 Å². The largest absolute Gasteiger partial charge is 0.480 e. The van der Waals surface area contributed by atoms with E-state index in [-0.39, 0.29) is 6.54 Å². The fourth-order valence-corrected chi connectivity index (χ4v) is 1.57. The summed E-state index contributed by atoms with van der Waals surface area (Å²) in [7, 11) is 0. The third-order valence-corrected chi connectivity index (χ3v) is 2.75. The number of hydrogen-bond donors (Lipinski definition) is 1. The zero-order valence-corrected chi connectivity index (χ0v) is 10.5. The van der Waals surface area contributed by atoms with E-state index in [2.05, 4.69) is 0 Å². The molecule has 0 unspecified atom stereocenters. The first-order valence-electron chi connectivity index (χ1n) is 5.29. The first-order chi connectivity index (χ1) is 6.95. The Balaban J connectivity index is 0.000000921. The summed E-state index contributed by atoms with van der Waals surface area (Å²) in [6, 6.07) is 0. The molecule has 0 aliphatic carbocycles. The summed E-state index contributed by atoms with van der Waals surface area (Å²) in [5.74, 6) is -0.791. The lowest BCUT2D eigenvalue weighted by atomic mass is 10.2. The van der Waals surface area contributed by atoms with Crippen LogP contribution < -0.4 is 0 Å². The van der Waals surface area contributed by atoms with E-state index >= 15 is 0 Å². The second-order valence-corrected chi connectivity index (χ2v) is 3.40. The van der Waals surface area contributed by atoms with Gasteiger partial charge in [-0.1, -0.05) is 13.8 Å². The Bertz CT molecular complexity index is 325. The van der Waals surface area contributed by atoms with Gasteiger partial charge in [-0.2, -0.15) is 0 Å². The van der Waals surface area contributed by atoms with Gasteiger partial charge in [-0.05, 0) is 38.8 Å². The van der Waals surface area contributed by atoms with Crippen LogP contribution in [0.25, 0.3) is 0 Å². The second kappa shape index (κ2) is 5.59. The molecule has 0 aliphatic heterocycles. The molecule has 0 spiro atoms. The highest BCUT2D eigenvalue weighted by atomic mass is 16.4. The summed E-state index contributed by atoms with van der Waals surface area (Å²) in [5.41, 5.74) is 4.49. The van der Waals surface area contributed by atoms with Crippen LogP contribution in [0.2, 0.25) is 0 Å². The van der Waals surface area contributed by atoms with Crippen molar-refractivity contribution in [3.05, 3.63) is 22.5 Å². The molecule has 0 amide bonds. The minimum Gasteiger partial charge on any atom is -0.480 e. The highest BCUT2D eigenvalue weighted by molar-refractivity contribution is 5.67. The van der Waals surface area contributed by atoms with Crippen LogP contribution in [0.3, 0.4) is 0 Å². The van der Waals surface area contributed by atoms with Gasteiger partial charge < -0.3 is 9.67 Å². The molecule has 86 valence electrons. The predicted octanol–water partition coefficient (Wildman–Crippen LogP) is 2.83. The van der Waals surface area contributed by atoms with Crippen molar-refractivity contribution in [3.8, 4) is 0 Å². The Hall–Kier alpha value is -1.25. The molecule has 1 aromatic heterocycles. The fraction of sp³-hybridized carbons (Fsp3) is 0.583. The van der Waals surface area contributed by atoms with E-state index < -0.39 is 5.97 Å². The van der Waals surface area contributed by atoms with Crippen LogP contribution in [-0.4, -0.2) is 15.6 Å². The average Bonchev–Trinajstić information content (AvgIpc) is 2.38. The minimum atomic E-state index is -0.791. The molecule has 15 heavy (non-hydrogen) atoms. The van der Waals surface area contributed by atoms with E-state index in [1.54, 1.807) is 0 Å². The Morgan fingerprint density at radius 2 is 1.40 bits per heavy atom. The zero-order valence-electron chi connectivity index (χ0n) is 10.5. The highest BCUT2D eigenvalue weighted by Crippen LogP contribution is 2.19. The molecule has 0 radical (unpaired) electrons.